The molecule has 0 bridgehead atoms. The number of hydrogen-bond donors (Lipinski definition) is 1. The smallest absolute Gasteiger partial charge is 0.413 e. The van der Waals surface area contributed by atoms with Gasteiger partial charge in [0.2, 0.25) is 0 Å². The monoisotopic (exact) mass is 436 g/mol. The Bertz CT molecular complexity index is 1270. The molecular weight excluding hydrogens is 412 g/mol. The quantitative estimate of drug-likeness (QED) is 0.506. The van der Waals surface area contributed by atoms with Crippen LogP contribution in [-0.4, -0.2) is 46.4 Å². The number of aromatic nitrogens is 7. The predicted molar refractivity (Wildman–Crippen MR) is 117 cm³/mol. The largest absolute Gasteiger partial charge is 0.458 e. The minimum Gasteiger partial charge on any atom is -0.458 e. The van der Waals surface area contributed by atoms with Gasteiger partial charge in [-0.3, -0.25) is 5.32 Å². The van der Waals surface area contributed by atoms with Crippen molar-refractivity contribution in [2.24, 2.45) is 7.05 Å². The summed E-state index contributed by atoms with van der Waals surface area (Å²) in [7, 11) is 1.74. The van der Waals surface area contributed by atoms with Gasteiger partial charge in [-0.25, -0.2) is 19.0 Å². The van der Waals surface area contributed by atoms with Crippen molar-refractivity contribution in [1.82, 2.24) is 34.7 Å². The van der Waals surface area contributed by atoms with Crippen molar-refractivity contribution < 1.29 is 14.3 Å². The fraction of sp³-hybridized carbons (Fsp3) is 0.333. The first-order valence-electron chi connectivity index (χ1n) is 10.0. The van der Waals surface area contributed by atoms with Crippen molar-refractivity contribution in [1.29, 1.82) is 0 Å². The second kappa shape index (κ2) is 8.25. The molecule has 1 aromatic carbocycles. The molecule has 32 heavy (non-hydrogen) atoms. The van der Waals surface area contributed by atoms with Gasteiger partial charge in [0.05, 0.1) is 16.7 Å². The number of aryl methyl sites for hydroxylation is 2. The molecule has 166 valence electrons. The zero-order valence-corrected chi connectivity index (χ0v) is 18.5. The minimum atomic E-state index is -0.600. The molecule has 0 unspecified atom stereocenters. The van der Waals surface area contributed by atoms with Gasteiger partial charge in [-0.05, 0) is 61.9 Å². The molecule has 0 atom stereocenters. The Morgan fingerprint density at radius 1 is 1.12 bits per heavy atom. The van der Waals surface area contributed by atoms with E-state index in [1.165, 1.54) is 0 Å². The van der Waals surface area contributed by atoms with Crippen LogP contribution in [0.3, 0.4) is 0 Å². The number of pyridine rings is 1. The second-order valence-electron chi connectivity index (χ2n) is 8.20. The molecule has 0 aliphatic carbocycles. The molecule has 11 nitrogen and oxygen atoms in total. The number of ether oxygens (including phenoxy) is 2. The highest BCUT2D eigenvalue weighted by Crippen LogP contribution is 2.27. The molecule has 0 saturated carbocycles. The van der Waals surface area contributed by atoms with Gasteiger partial charge in [0, 0.05) is 7.05 Å². The first-order chi connectivity index (χ1) is 15.2. The average molecular weight is 436 g/mol. The van der Waals surface area contributed by atoms with Crippen molar-refractivity contribution in [2.45, 2.75) is 39.9 Å². The SMILES string of the molecule is Cc1cccc2c1nc(OCc1cccc(NC(=O)OC(C)(C)C)n1)n2-c1nnnn1C. The number of hydrogen-bond acceptors (Lipinski definition) is 8. The summed E-state index contributed by atoms with van der Waals surface area (Å²) in [5.74, 6) is 0.837. The van der Waals surface area contributed by atoms with E-state index in [-0.39, 0.29) is 6.61 Å². The predicted octanol–water partition coefficient (Wildman–Crippen LogP) is 3.18. The maximum atomic E-state index is 12.0. The van der Waals surface area contributed by atoms with Gasteiger partial charge in [0.15, 0.2) is 0 Å². The van der Waals surface area contributed by atoms with E-state index in [9.17, 15) is 4.79 Å². The molecule has 0 radical (unpaired) electrons. The van der Waals surface area contributed by atoms with Crippen LogP contribution in [0.5, 0.6) is 6.01 Å². The number of para-hydroxylation sites is 1. The molecule has 0 fully saturated rings. The summed E-state index contributed by atoms with van der Waals surface area (Å²) < 4.78 is 14.6. The van der Waals surface area contributed by atoms with Crippen LogP contribution in [0, 0.1) is 6.92 Å². The molecular formula is C21H24N8O3. The molecule has 4 rings (SSSR count). The molecule has 1 N–H and O–H groups in total. The third kappa shape index (κ3) is 4.51. The van der Waals surface area contributed by atoms with Gasteiger partial charge in [0.1, 0.15) is 18.0 Å². The van der Waals surface area contributed by atoms with Crippen LogP contribution < -0.4 is 10.1 Å². The lowest BCUT2D eigenvalue weighted by atomic mass is 10.2. The molecule has 0 aliphatic rings. The number of carbonyl (C=O) groups excluding carboxylic acids is 1. The van der Waals surface area contributed by atoms with Crippen LogP contribution in [0.15, 0.2) is 36.4 Å². The first kappa shape index (κ1) is 21.2. The number of benzene rings is 1. The van der Waals surface area contributed by atoms with E-state index in [0.717, 1.165) is 16.6 Å². The van der Waals surface area contributed by atoms with Gasteiger partial charge < -0.3 is 9.47 Å². The van der Waals surface area contributed by atoms with E-state index in [1.807, 2.05) is 25.1 Å². The summed E-state index contributed by atoms with van der Waals surface area (Å²) in [6, 6.07) is 11.4. The highest BCUT2D eigenvalue weighted by Gasteiger charge is 2.20. The van der Waals surface area contributed by atoms with Crippen molar-refractivity contribution in [2.75, 3.05) is 5.32 Å². The highest BCUT2D eigenvalue weighted by molar-refractivity contribution is 5.83. The number of nitrogens with one attached hydrogen (secondary N) is 1. The first-order valence-corrected chi connectivity index (χ1v) is 10.0. The number of imidazole rings is 1. The standard InChI is InChI=1S/C21H24N8O3/c1-13-8-6-10-15-17(13)24-19(29(15)18-25-26-27-28(18)5)31-12-14-9-7-11-16(22-14)23-20(30)32-21(2,3)4/h6-11H,12H2,1-5H3,(H,22,23,30). The summed E-state index contributed by atoms with van der Waals surface area (Å²) >= 11 is 0. The average Bonchev–Trinajstić information content (AvgIpc) is 3.28. The van der Waals surface area contributed by atoms with Gasteiger partial charge in [-0.15, -0.1) is 0 Å². The van der Waals surface area contributed by atoms with Gasteiger partial charge in [-0.2, -0.15) is 4.98 Å². The van der Waals surface area contributed by atoms with Gasteiger partial charge >= 0.3 is 12.1 Å². The number of nitrogens with zero attached hydrogens (tertiary/aromatic N) is 7. The van der Waals surface area contributed by atoms with Crippen LogP contribution in [0.25, 0.3) is 17.0 Å². The lowest BCUT2D eigenvalue weighted by Gasteiger charge is -2.19. The van der Waals surface area contributed by atoms with Crippen molar-refractivity contribution in [3.8, 4) is 12.0 Å². The maximum absolute atomic E-state index is 12.0. The number of carbonyl (C=O) groups is 1. The molecule has 3 aromatic heterocycles. The van der Waals surface area contributed by atoms with Crippen molar-refractivity contribution >= 4 is 22.9 Å². The normalized spacial score (nSPS) is 11.5. The summed E-state index contributed by atoms with van der Waals surface area (Å²) in [5.41, 5.74) is 2.62. The lowest BCUT2D eigenvalue weighted by molar-refractivity contribution is 0.0635. The third-order valence-corrected chi connectivity index (χ3v) is 4.44. The Kier molecular flexibility index (Phi) is 5.47. The molecule has 4 aromatic rings. The highest BCUT2D eigenvalue weighted by atomic mass is 16.6. The van der Waals surface area contributed by atoms with E-state index in [1.54, 1.807) is 55.3 Å². The summed E-state index contributed by atoms with van der Waals surface area (Å²) in [6.45, 7) is 7.49. The third-order valence-electron chi connectivity index (χ3n) is 4.44. The summed E-state index contributed by atoms with van der Waals surface area (Å²) in [4.78, 5) is 21.1. The Morgan fingerprint density at radius 3 is 2.62 bits per heavy atom. The number of fused-ring (bicyclic) bond motifs is 1. The molecule has 11 heteroatoms. The number of tetrazole rings is 1. The van der Waals surface area contributed by atoms with E-state index >= 15 is 0 Å². The van der Waals surface area contributed by atoms with E-state index in [2.05, 4.69) is 30.8 Å². The van der Waals surface area contributed by atoms with E-state index in [4.69, 9.17) is 9.47 Å². The number of amides is 1. The number of rotatable bonds is 5. The molecule has 3 heterocycles. The zero-order chi connectivity index (χ0) is 22.9. The Balaban J connectivity index is 1.58. The Labute approximate surface area is 184 Å². The fourth-order valence-electron chi connectivity index (χ4n) is 3.10. The van der Waals surface area contributed by atoms with E-state index in [0.29, 0.717) is 23.5 Å². The number of anilines is 1. The fourth-order valence-corrected chi connectivity index (χ4v) is 3.10. The van der Waals surface area contributed by atoms with Crippen molar-refractivity contribution in [3.05, 3.63) is 47.7 Å². The molecule has 1 amide bonds. The topological polar surface area (TPSA) is 122 Å². The Morgan fingerprint density at radius 2 is 1.91 bits per heavy atom. The van der Waals surface area contributed by atoms with Crippen LogP contribution in [0.2, 0.25) is 0 Å². The summed E-state index contributed by atoms with van der Waals surface area (Å²) in [6.07, 6.45) is -0.574. The molecule has 0 spiro atoms. The molecule has 0 aliphatic heterocycles. The van der Waals surface area contributed by atoms with Gasteiger partial charge in [-0.1, -0.05) is 23.3 Å². The summed E-state index contributed by atoms with van der Waals surface area (Å²) in [5, 5.41) is 14.4. The zero-order valence-electron chi connectivity index (χ0n) is 18.5. The minimum absolute atomic E-state index is 0.123. The molecule has 0 saturated heterocycles. The Hall–Kier alpha value is -4.02. The van der Waals surface area contributed by atoms with Crippen LogP contribution >= 0.6 is 0 Å². The lowest BCUT2D eigenvalue weighted by Crippen LogP contribution is -2.27. The maximum Gasteiger partial charge on any atom is 0.413 e. The van der Waals surface area contributed by atoms with Crippen molar-refractivity contribution in [3.63, 3.8) is 0 Å². The van der Waals surface area contributed by atoms with Crippen LogP contribution in [0.1, 0.15) is 32.0 Å². The van der Waals surface area contributed by atoms with E-state index < -0.39 is 11.7 Å². The van der Waals surface area contributed by atoms with Crippen LogP contribution in [0.4, 0.5) is 10.6 Å². The van der Waals surface area contributed by atoms with Gasteiger partial charge in [0.25, 0.3) is 5.95 Å². The second-order valence-corrected chi connectivity index (χ2v) is 8.20. The van der Waals surface area contributed by atoms with Crippen LogP contribution in [-0.2, 0) is 18.4 Å².